The fourth-order valence-corrected chi connectivity index (χ4v) is 1.75. The summed E-state index contributed by atoms with van der Waals surface area (Å²) in [5.41, 5.74) is 0.509. The summed E-state index contributed by atoms with van der Waals surface area (Å²) >= 11 is 0. The van der Waals surface area contributed by atoms with E-state index >= 15 is 0 Å². The Labute approximate surface area is 93.3 Å². The number of carboxylic acids is 1. The van der Waals surface area contributed by atoms with Gasteiger partial charge in [0.25, 0.3) is 0 Å². The van der Waals surface area contributed by atoms with Crippen molar-refractivity contribution in [1.29, 1.82) is 0 Å². The van der Waals surface area contributed by atoms with Crippen LogP contribution < -0.4 is 5.32 Å². The van der Waals surface area contributed by atoms with E-state index in [-0.39, 0.29) is 18.3 Å². The number of hydrogen-bond donors (Lipinski definition) is 2. The number of nitrogens with one attached hydrogen (secondary N) is 1. The lowest BCUT2D eigenvalue weighted by Crippen LogP contribution is -2.38. The Kier molecular flexibility index (Phi) is 3.19. The summed E-state index contributed by atoms with van der Waals surface area (Å²) in [5.74, 6) is -0.932. The lowest BCUT2D eigenvalue weighted by atomic mass is 10.1. The quantitative estimate of drug-likeness (QED) is 0.800. The minimum Gasteiger partial charge on any atom is -0.480 e. The van der Waals surface area contributed by atoms with Crippen LogP contribution in [-0.2, 0) is 11.3 Å². The van der Waals surface area contributed by atoms with Crippen LogP contribution >= 0.6 is 0 Å². The van der Waals surface area contributed by atoms with Crippen molar-refractivity contribution in [2.24, 2.45) is 5.92 Å². The van der Waals surface area contributed by atoms with E-state index in [9.17, 15) is 9.18 Å². The first-order valence-corrected chi connectivity index (χ1v) is 5.38. The molecule has 1 unspecified atom stereocenters. The molecule has 3 nitrogen and oxygen atoms in total. The fourth-order valence-electron chi connectivity index (χ4n) is 1.75. The molecule has 0 spiro atoms. The molecule has 0 saturated heterocycles. The molecule has 0 radical (unpaired) electrons. The molecule has 0 amide bonds. The Hall–Kier alpha value is -1.42. The molecule has 1 aliphatic rings. The highest BCUT2D eigenvalue weighted by Crippen LogP contribution is 2.32. The van der Waals surface area contributed by atoms with Crippen LogP contribution in [0, 0.1) is 11.7 Å². The molecule has 1 saturated carbocycles. The molecule has 0 aliphatic heterocycles. The minimum atomic E-state index is -0.848. The zero-order chi connectivity index (χ0) is 11.5. The van der Waals surface area contributed by atoms with Gasteiger partial charge in [-0.05, 0) is 24.8 Å². The predicted molar refractivity (Wildman–Crippen MR) is 57.4 cm³/mol. The third kappa shape index (κ3) is 2.58. The zero-order valence-corrected chi connectivity index (χ0v) is 8.82. The number of hydrogen-bond acceptors (Lipinski definition) is 2. The average Bonchev–Trinajstić information content (AvgIpc) is 3.04. The van der Waals surface area contributed by atoms with Crippen LogP contribution in [0.15, 0.2) is 24.3 Å². The first-order valence-electron chi connectivity index (χ1n) is 5.38. The molecule has 0 heterocycles. The standard InChI is InChI=1S/C12H14FNO2/c13-10-4-2-1-3-9(10)7-14-11(12(15)16)8-5-6-8/h1-4,8,11,14H,5-7H2,(H,15,16). The van der Waals surface area contributed by atoms with Crippen LogP contribution in [-0.4, -0.2) is 17.1 Å². The maximum atomic E-state index is 13.3. The van der Waals surface area contributed by atoms with Gasteiger partial charge in [-0.1, -0.05) is 18.2 Å². The van der Waals surface area contributed by atoms with Crippen LogP contribution in [0.3, 0.4) is 0 Å². The van der Waals surface area contributed by atoms with Gasteiger partial charge in [0.1, 0.15) is 11.9 Å². The van der Waals surface area contributed by atoms with Gasteiger partial charge in [-0.2, -0.15) is 0 Å². The van der Waals surface area contributed by atoms with Crippen LogP contribution in [0.5, 0.6) is 0 Å². The van der Waals surface area contributed by atoms with Crippen molar-refractivity contribution >= 4 is 5.97 Å². The van der Waals surface area contributed by atoms with Gasteiger partial charge >= 0.3 is 5.97 Å². The second-order valence-corrected chi connectivity index (χ2v) is 4.13. The van der Waals surface area contributed by atoms with Gasteiger partial charge in [-0.15, -0.1) is 0 Å². The molecule has 1 fully saturated rings. The van der Waals surface area contributed by atoms with E-state index in [1.165, 1.54) is 6.07 Å². The number of aliphatic carboxylic acids is 1. The van der Waals surface area contributed by atoms with Gasteiger partial charge in [0.2, 0.25) is 0 Å². The highest BCUT2D eigenvalue weighted by molar-refractivity contribution is 5.74. The highest BCUT2D eigenvalue weighted by atomic mass is 19.1. The number of carbonyl (C=O) groups is 1. The predicted octanol–water partition coefficient (Wildman–Crippen LogP) is 1.78. The van der Waals surface area contributed by atoms with Crippen molar-refractivity contribution in [3.63, 3.8) is 0 Å². The second kappa shape index (κ2) is 4.61. The van der Waals surface area contributed by atoms with E-state index < -0.39 is 12.0 Å². The van der Waals surface area contributed by atoms with Gasteiger partial charge in [0, 0.05) is 12.1 Å². The Morgan fingerprint density at radius 3 is 2.75 bits per heavy atom. The van der Waals surface area contributed by atoms with E-state index in [2.05, 4.69) is 5.32 Å². The minimum absolute atomic E-state index is 0.212. The van der Waals surface area contributed by atoms with Crippen molar-refractivity contribution < 1.29 is 14.3 Å². The molecule has 2 N–H and O–H groups in total. The number of carboxylic acid groups (broad SMARTS) is 1. The summed E-state index contributed by atoms with van der Waals surface area (Å²) in [6.07, 6.45) is 1.89. The molecular weight excluding hydrogens is 209 g/mol. The fraction of sp³-hybridized carbons (Fsp3) is 0.417. The van der Waals surface area contributed by atoms with Crippen molar-refractivity contribution in [2.45, 2.75) is 25.4 Å². The van der Waals surface area contributed by atoms with E-state index in [4.69, 9.17) is 5.11 Å². The largest absolute Gasteiger partial charge is 0.480 e. The van der Waals surface area contributed by atoms with Crippen molar-refractivity contribution in [3.8, 4) is 0 Å². The summed E-state index contributed by atoms with van der Waals surface area (Å²) in [6.45, 7) is 0.264. The summed E-state index contributed by atoms with van der Waals surface area (Å²) in [4.78, 5) is 10.9. The number of rotatable bonds is 5. The third-order valence-corrected chi connectivity index (χ3v) is 2.83. The molecule has 86 valence electrons. The molecule has 2 rings (SSSR count). The second-order valence-electron chi connectivity index (χ2n) is 4.13. The van der Waals surface area contributed by atoms with Crippen molar-refractivity contribution in [3.05, 3.63) is 35.6 Å². The van der Waals surface area contributed by atoms with Gasteiger partial charge in [-0.3, -0.25) is 10.1 Å². The van der Waals surface area contributed by atoms with E-state index in [0.717, 1.165) is 12.8 Å². The molecule has 0 aromatic heterocycles. The van der Waals surface area contributed by atoms with Crippen molar-refractivity contribution in [1.82, 2.24) is 5.32 Å². The van der Waals surface area contributed by atoms with E-state index in [1.54, 1.807) is 18.2 Å². The summed E-state index contributed by atoms with van der Waals surface area (Å²) < 4.78 is 13.3. The molecule has 4 heteroatoms. The molecular formula is C12H14FNO2. The SMILES string of the molecule is O=C(O)C(NCc1ccccc1F)C1CC1. The number of benzene rings is 1. The maximum Gasteiger partial charge on any atom is 0.320 e. The first-order chi connectivity index (χ1) is 7.68. The van der Waals surface area contributed by atoms with Gasteiger partial charge in [0.05, 0.1) is 0 Å². The number of halogens is 1. The summed E-state index contributed by atoms with van der Waals surface area (Å²) in [5, 5.41) is 11.9. The Bertz CT molecular complexity index is 390. The van der Waals surface area contributed by atoms with Crippen LogP contribution in [0.1, 0.15) is 18.4 Å². The maximum absolute atomic E-state index is 13.3. The van der Waals surface area contributed by atoms with Gasteiger partial charge in [0.15, 0.2) is 0 Å². The van der Waals surface area contributed by atoms with Gasteiger partial charge < -0.3 is 5.11 Å². The lowest BCUT2D eigenvalue weighted by molar-refractivity contribution is -0.140. The topological polar surface area (TPSA) is 49.3 Å². The smallest absolute Gasteiger partial charge is 0.320 e. The molecule has 16 heavy (non-hydrogen) atoms. The monoisotopic (exact) mass is 223 g/mol. The Morgan fingerprint density at radius 2 is 2.19 bits per heavy atom. The molecule has 1 atom stereocenters. The van der Waals surface area contributed by atoms with Crippen LogP contribution in [0.25, 0.3) is 0 Å². The molecule has 1 aromatic rings. The van der Waals surface area contributed by atoms with E-state index in [0.29, 0.717) is 5.56 Å². The normalized spacial score (nSPS) is 17.1. The third-order valence-electron chi connectivity index (χ3n) is 2.83. The Balaban J connectivity index is 1.95. The first kappa shape index (κ1) is 11.1. The lowest BCUT2D eigenvalue weighted by Gasteiger charge is -2.13. The van der Waals surface area contributed by atoms with Crippen molar-refractivity contribution in [2.75, 3.05) is 0 Å². The highest BCUT2D eigenvalue weighted by Gasteiger charge is 2.35. The zero-order valence-electron chi connectivity index (χ0n) is 8.82. The molecule has 1 aliphatic carbocycles. The Morgan fingerprint density at radius 1 is 1.50 bits per heavy atom. The van der Waals surface area contributed by atoms with Crippen LogP contribution in [0.2, 0.25) is 0 Å². The average molecular weight is 223 g/mol. The van der Waals surface area contributed by atoms with Gasteiger partial charge in [-0.25, -0.2) is 4.39 Å². The summed E-state index contributed by atoms with van der Waals surface area (Å²) in [7, 11) is 0. The molecule has 0 bridgehead atoms. The molecule has 1 aromatic carbocycles. The van der Waals surface area contributed by atoms with Crippen LogP contribution in [0.4, 0.5) is 4.39 Å². The summed E-state index contributed by atoms with van der Waals surface area (Å²) in [6, 6.07) is 5.86. The van der Waals surface area contributed by atoms with E-state index in [1.807, 2.05) is 0 Å².